The van der Waals surface area contributed by atoms with Crippen LogP contribution in [0.4, 0.5) is 14.3 Å². The average Bonchev–Trinajstić information content (AvgIpc) is 3.13. The molecule has 26 heavy (non-hydrogen) atoms. The van der Waals surface area contributed by atoms with E-state index in [1.807, 2.05) is 0 Å². The second-order valence-corrected chi connectivity index (χ2v) is 7.77. The Morgan fingerprint density at radius 2 is 1.92 bits per heavy atom. The van der Waals surface area contributed by atoms with Crippen LogP contribution < -0.4 is 0 Å². The van der Waals surface area contributed by atoms with E-state index in [1.54, 1.807) is 0 Å². The van der Waals surface area contributed by atoms with Crippen LogP contribution in [0.5, 0.6) is 0 Å². The molecule has 0 aliphatic carbocycles. The lowest BCUT2D eigenvalue weighted by Gasteiger charge is -2.32. The first kappa shape index (κ1) is 17.6. The number of benzene rings is 1. The first-order valence-corrected chi connectivity index (χ1v) is 9.28. The Balaban J connectivity index is 2.14. The van der Waals surface area contributed by atoms with Crippen molar-refractivity contribution in [1.82, 2.24) is 4.48 Å². The van der Waals surface area contributed by atoms with Gasteiger partial charge in [-0.05, 0) is 40.2 Å². The van der Waals surface area contributed by atoms with E-state index in [2.05, 4.69) is 31.9 Å². The van der Waals surface area contributed by atoms with Crippen LogP contribution in [0.3, 0.4) is 0 Å². The molecule has 132 valence electrons. The van der Waals surface area contributed by atoms with Crippen molar-refractivity contribution in [3.63, 3.8) is 0 Å². The normalized spacial score (nSPS) is 17.6. The summed E-state index contributed by atoms with van der Waals surface area (Å²) in [5.41, 5.74) is 0.663. The highest BCUT2D eigenvalue weighted by Gasteiger charge is 2.54. The lowest BCUT2D eigenvalue weighted by atomic mass is 9.86. The van der Waals surface area contributed by atoms with Gasteiger partial charge in [-0.2, -0.15) is 0 Å². The van der Waals surface area contributed by atoms with Crippen LogP contribution in [0.2, 0.25) is 5.02 Å². The quantitative estimate of drug-likeness (QED) is 0.321. The van der Waals surface area contributed by atoms with Crippen LogP contribution in [0.15, 0.2) is 52.8 Å². The molecule has 4 rings (SSSR count). The summed E-state index contributed by atoms with van der Waals surface area (Å²) >= 11 is 12.2. The second kappa shape index (κ2) is 5.87. The van der Waals surface area contributed by atoms with Gasteiger partial charge in [0.05, 0.1) is 20.7 Å². The van der Waals surface area contributed by atoms with Crippen LogP contribution in [-0.4, -0.2) is 25.5 Å². The second-order valence-electron chi connectivity index (χ2n) is 5.70. The van der Waals surface area contributed by atoms with E-state index in [0.29, 0.717) is 5.57 Å². The van der Waals surface area contributed by atoms with Crippen molar-refractivity contribution >= 4 is 66.3 Å². The molecule has 3 heterocycles. The van der Waals surface area contributed by atoms with Gasteiger partial charge in [-0.3, -0.25) is 10.1 Å². The molecule has 0 saturated carbocycles. The van der Waals surface area contributed by atoms with E-state index in [0.717, 1.165) is 8.96 Å². The summed E-state index contributed by atoms with van der Waals surface area (Å²) < 4.78 is 32.4. The fourth-order valence-electron chi connectivity index (χ4n) is 3.28. The van der Waals surface area contributed by atoms with Gasteiger partial charge in [-0.15, -0.1) is 0 Å². The molecule has 1 aromatic carbocycles. The highest BCUT2D eigenvalue weighted by Crippen LogP contribution is 2.44. The predicted molar refractivity (Wildman–Crippen MR) is 103 cm³/mol. The Hall–Kier alpha value is -1.78. The minimum atomic E-state index is -4.18. The number of allylic oxidation sites excluding steroid dienone is 2. The van der Waals surface area contributed by atoms with Gasteiger partial charge in [-0.25, -0.2) is 0 Å². The lowest BCUT2D eigenvalue weighted by Crippen LogP contribution is -2.50. The van der Waals surface area contributed by atoms with E-state index >= 15 is 8.63 Å². The molecule has 2 aliphatic rings. The summed E-state index contributed by atoms with van der Waals surface area (Å²) in [6.07, 6.45) is 3.00. The first-order valence-electron chi connectivity index (χ1n) is 7.31. The molecule has 2 aromatic rings. The van der Waals surface area contributed by atoms with E-state index in [4.69, 9.17) is 11.6 Å². The van der Waals surface area contributed by atoms with E-state index < -0.39 is 11.9 Å². The third kappa shape index (κ3) is 2.35. The van der Waals surface area contributed by atoms with Gasteiger partial charge in [0, 0.05) is 44.9 Å². The molecule has 0 bridgehead atoms. The minimum absolute atomic E-state index is 0.179. The highest BCUT2D eigenvalue weighted by molar-refractivity contribution is 9.18. The summed E-state index contributed by atoms with van der Waals surface area (Å²) in [5, 5.41) is 11.7. The average molecular weight is 505 g/mol. The van der Waals surface area contributed by atoms with E-state index in [9.17, 15) is 10.1 Å². The molecule has 1 aromatic heterocycles. The van der Waals surface area contributed by atoms with Crippen LogP contribution in [0, 0.1) is 10.1 Å². The van der Waals surface area contributed by atoms with Crippen molar-refractivity contribution in [1.29, 1.82) is 0 Å². The van der Waals surface area contributed by atoms with Crippen LogP contribution in [-0.2, 0) is 0 Å². The van der Waals surface area contributed by atoms with Crippen molar-refractivity contribution in [3.05, 3.63) is 79.2 Å². The Labute approximate surface area is 167 Å². The highest BCUT2D eigenvalue weighted by atomic mass is 79.9. The SMILES string of the molecule is O=[N+]([O-])c1cc(Cl)ccc1C1=C2C=CC(Br)=[N+]2[B-](F)(F)n2c(Br)ccc21. The summed E-state index contributed by atoms with van der Waals surface area (Å²) in [6, 6.07) is 7.19. The lowest BCUT2D eigenvalue weighted by molar-refractivity contribution is -0.385. The van der Waals surface area contributed by atoms with E-state index in [1.165, 1.54) is 42.5 Å². The zero-order valence-corrected chi connectivity index (χ0v) is 16.6. The molecular formula is C15H7BBr2ClF2N3O2. The van der Waals surface area contributed by atoms with Crippen molar-refractivity contribution in [2.45, 2.75) is 0 Å². The Morgan fingerprint density at radius 3 is 2.62 bits per heavy atom. The summed E-state index contributed by atoms with van der Waals surface area (Å²) in [7, 11) is 0. The molecule has 0 radical (unpaired) electrons. The van der Waals surface area contributed by atoms with Gasteiger partial charge in [0.1, 0.15) is 0 Å². The van der Waals surface area contributed by atoms with Gasteiger partial charge in [0.15, 0.2) is 5.70 Å². The topological polar surface area (TPSA) is 51.1 Å². The molecular weight excluding hydrogens is 498 g/mol. The Kier molecular flexibility index (Phi) is 3.98. The number of rotatable bonds is 2. The zero-order chi connectivity index (χ0) is 18.8. The van der Waals surface area contributed by atoms with Crippen LogP contribution in [0.25, 0.3) is 5.57 Å². The molecule has 0 saturated heterocycles. The maximum atomic E-state index is 15.2. The molecule has 0 spiro atoms. The van der Waals surface area contributed by atoms with Crippen molar-refractivity contribution in [2.75, 3.05) is 0 Å². The number of nitro benzene ring substituents is 1. The largest absolute Gasteiger partial charge is 0.738 e. The molecule has 0 amide bonds. The first-order chi connectivity index (χ1) is 12.2. The number of hydrogen-bond acceptors (Lipinski definition) is 2. The maximum Gasteiger partial charge on any atom is 0.738 e. The number of fused-ring (bicyclic) bond motifs is 2. The van der Waals surface area contributed by atoms with Crippen LogP contribution >= 0.6 is 43.5 Å². The zero-order valence-electron chi connectivity index (χ0n) is 12.7. The minimum Gasteiger partial charge on any atom is -0.389 e. The monoisotopic (exact) mass is 503 g/mol. The number of hydrogen-bond donors (Lipinski definition) is 0. The van der Waals surface area contributed by atoms with Gasteiger partial charge in [0.2, 0.25) is 4.62 Å². The Bertz CT molecular complexity index is 1090. The third-order valence-electron chi connectivity index (χ3n) is 4.30. The van der Waals surface area contributed by atoms with Gasteiger partial charge < -0.3 is 17.6 Å². The molecule has 0 atom stereocenters. The fraction of sp³-hybridized carbons (Fsp3) is 0. The van der Waals surface area contributed by atoms with Crippen LogP contribution in [0.1, 0.15) is 11.3 Å². The summed E-state index contributed by atoms with van der Waals surface area (Å²) in [4.78, 5) is 11.0. The number of halogens is 5. The van der Waals surface area contributed by atoms with Gasteiger partial charge >= 0.3 is 6.97 Å². The van der Waals surface area contributed by atoms with Crippen molar-refractivity contribution in [3.8, 4) is 0 Å². The molecule has 5 nitrogen and oxygen atoms in total. The third-order valence-corrected chi connectivity index (χ3v) is 5.82. The van der Waals surface area contributed by atoms with Gasteiger partial charge in [-0.1, -0.05) is 11.6 Å². The molecule has 2 aliphatic heterocycles. The summed E-state index contributed by atoms with van der Waals surface area (Å²) in [6.45, 7) is -4.18. The van der Waals surface area contributed by atoms with Gasteiger partial charge in [0.25, 0.3) is 5.69 Å². The summed E-state index contributed by atoms with van der Waals surface area (Å²) in [5.74, 6) is 0. The predicted octanol–water partition coefficient (Wildman–Crippen LogP) is 5.18. The fourth-order valence-corrected chi connectivity index (χ4v) is 4.58. The van der Waals surface area contributed by atoms with Crippen molar-refractivity contribution in [2.24, 2.45) is 0 Å². The number of nitro groups is 1. The number of nitrogens with zero attached hydrogens (tertiary/aromatic N) is 3. The van der Waals surface area contributed by atoms with E-state index in [-0.39, 0.29) is 36.9 Å². The molecule has 0 N–H and O–H groups in total. The molecule has 0 unspecified atom stereocenters. The smallest absolute Gasteiger partial charge is 0.389 e. The number of aromatic nitrogens is 1. The maximum absolute atomic E-state index is 15.2. The standard InChI is InChI=1S/C15H7BBr2ClF2N3O2/c17-13-5-3-10-15(9-2-1-8(19)7-12(9)24(25)26)11-4-6-14(18)23(11)16(20,21)22(10)13/h1-7H. The molecule has 11 heteroatoms. The Morgan fingerprint density at radius 1 is 1.19 bits per heavy atom. The molecule has 0 fully saturated rings. The van der Waals surface area contributed by atoms with Crippen molar-refractivity contribution < 1.29 is 18.0 Å².